The van der Waals surface area contributed by atoms with E-state index in [0.29, 0.717) is 13.2 Å². The predicted molar refractivity (Wildman–Crippen MR) is 83.5 cm³/mol. The largest absolute Gasteiger partial charge is 0.493 e. The summed E-state index contributed by atoms with van der Waals surface area (Å²) in [5.74, 6) is 0.0745. The van der Waals surface area contributed by atoms with E-state index in [2.05, 4.69) is 4.74 Å². The molecule has 0 bridgehead atoms. The Morgan fingerprint density at radius 3 is 2.55 bits per heavy atom. The number of carbonyl (C=O) groups is 2. The lowest BCUT2D eigenvalue weighted by Crippen LogP contribution is -2.02. The van der Waals surface area contributed by atoms with E-state index >= 15 is 0 Å². The fourth-order valence-electron chi connectivity index (χ4n) is 1.75. The summed E-state index contributed by atoms with van der Waals surface area (Å²) in [4.78, 5) is 21.7. The lowest BCUT2D eigenvalue weighted by atomic mass is 10.2. The summed E-state index contributed by atoms with van der Waals surface area (Å²) in [6, 6.07) is 7.49. The summed E-state index contributed by atoms with van der Waals surface area (Å²) < 4.78 is 15.1. The van der Waals surface area contributed by atoms with Gasteiger partial charge in [-0.3, -0.25) is 4.79 Å². The lowest BCUT2D eigenvalue weighted by molar-refractivity contribution is -0.141. The molecular weight excluding hydrogens is 284 g/mol. The van der Waals surface area contributed by atoms with Crippen LogP contribution >= 0.6 is 0 Å². The number of rotatable bonds is 9. The van der Waals surface area contributed by atoms with Gasteiger partial charge in [0.1, 0.15) is 5.75 Å². The number of para-hydroxylation sites is 1. The first-order valence-corrected chi connectivity index (χ1v) is 7.24. The molecule has 0 heterocycles. The Hall–Kier alpha value is -2.30. The Labute approximate surface area is 130 Å². The van der Waals surface area contributed by atoms with Gasteiger partial charge in [0.2, 0.25) is 0 Å². The minimum Gasteiger partial charge on any atom is -0.493 e. The van der Waals surface area contributed by atoms with Crippen LogP contribution in [0.4, 0.5) is 0 Å². The Kier molecular flexibility index (Phi) is 8.42. The molecule has 0 fully saturated rings. The molecule has 1 aromatic carbocycles. The van der Waals surface area contributed by atoms with E-state index in [9.17, 15) is 9.59 Å². The van der Waals surface area contributed by atoms with Crippen molar-refractivity contribution >= 4 is 18.0 Å². The molecule has 120 valence electrons. The van der Waals surface area contributed by atoms with Crippen molar-refractivity contribution in [1.29, 1.82) is 0 Å². The molecule has 1 aromatic rings. The number of benzene rings is 1. The van der Waals surface area contributed by atoms with Gasteiger partial charge >= 0.3 is 11.9 Å². The summed E-state index contributed by atoms with van der Waals surface area (Å²) >= 11 is 0. The monoisotopic (exact) mass is 306 g/mol. The van der Waals surface area contributed by atoms with Crippen molar-refractivity contribution < 1.29 is 23.8 Å². The number of esters is 2. The maximum Gasteiger partial charge on any atom is 0.330 e. The van der Waals surface area contributed by atoms with E-state index in [1.165, 1.54) is 20.1 Å². The molecular formula is C17H22O5. The second-order valence-electron chi connectivity index (χ2n) is 4.64. The summed E-state index contributed by atoms with van der Waals surface area (Å²) in [7, 11) is 1.34. The van der Waals surface area contributed by atoms with E-state index in [0.717, 1.165) is 30.6 Å². The van der Waals surface area contributed by atoms with E-state index < -0.39 is 5.97 Å². The van der Waals surface area contributed by atoms with Gasteiger partial charge in [-0.15, -0.1) is 0 Å². The number of unbranched alkanes of at least 4 members (excludes halogenated alkanes) is 2. The Balaban J connectivity index is 2.35. The highest BCUT2D eigenvalue weighted by Crippen LogP contribution is 2.19. The van der Waals surface area contributed by atoms with Gasteiger partial charge in [0.25, 0.3) is 0 Å². The highest BCUT2D eigenvalue weighted by Gasteiger charge is 2.01. The third-order valence-electron chi connectivity index (χ3n) is 2.87. The van der Waals surface area contributed by atoms with Crippen molar-refractivity contribution in [1.82, 2.24) is 0 Å². The van der Waals surface area contributed by atoms with E-state index in [-0.39, 0.29) is 5.97 Å². The highest BCUT2D eigenvalue weighted by molar-refractivity contribution is 5.87. The van der Waals surface area contributed by atoms with Crippen LogP contribution in [0.1, 0.15) is 31.7 Å². The van der Waals surface area contributed by atoms with Crippen LogP contribution in [0.2, 0.25) is 0 Å². The van der Waals surface area contributed by atoms with Crippen molar-refractivity contribution in [3.63, 3.8) is 0 Å². The van der Waals surface area contributed by atoms with Crippen LogP contribution in [0.3, 0.4) is 0 Å². The molecule has 5 heteroatoms. The van der Waals surface area contributed by atoms with Crippen LogP contribution in [0, 0.1) is 0 Å². The zero-order valence-corrected chi connectivity index (χ0v) is 13.0. The standard InChI is InChI=1S/C17H22O5/c1-14(18)21-12-6-3-7-13-22-16-9-5-4-8-15(16)10-11-17(19)20-2/h4-5,8-11H,3,6-7,12-13H2,1-2H3/b11-10+. The van der Waals surface area contributed by atoms with Gasteiger partial charge in [-0.1, -0.05) is 18.2 Å². The fourth-order valence-corrected chi connectivity index (χ4v) is 1.75. The normalized spacial score (nSPS) is 10.5. The smallest absolute Gasteiger partial charge is 0.330 e. The van der Waals surface area contributed by atoms with Gasteiger partial charge in [0.05, 0.1) is 20.3 Å². The summed E-state index contributed by atoms with van der Waals surface area (Å²) in [5, 5.41) is 0. The van der Waals surface area contributed by atoms with Crippen molar-refractivity contribution in [2.75, 3.05) is 20.3 Å². The maximum absolute atomic E-state index is 11.1. The molecule has 0 atom stereocenters. The van der Waals surface area contributed by atoms with Crippen LogP contribution in [0.5, 0.6) is 5.75 Å². The molecule has 0 saturated heterocycles. The minimum atomic E-state index is -0.403. The third kappa shape index (κ3) is 7.47. The average Bonchev–Trinajstić information content (AvgIpc) is 2.52. The second-order valence-corrected chi connectivity index (χ2v) is 4.64. The first-order valence-electron chi connectivity index (χ1n) is 7.24. The molecule has 0 aliphatic carbocycles. The molecule has 1 rings (SSSR count). The molecule has 0 unspecified atom stereocenters. The Morgan fingerprint density at radius 1 is 1.09 bits per heavy atom. The third-order valence-corrected chi connectivity index (χ3v) is 2.87. The van der Waals surface area contributed by atoms with Crippen LogP contribution in [0.25, 0.3) is 6.08 Å². The predicted octanol–water partition coefficient (Wildman–Crippen LogP) is 2.99. The van der Waals surface area contributed by atoms with Gasteiger partial charge < -0.3 is 14.2 Å². The number of hydrogen-bond acceptors (Lipinski definition) is 5. The second kappa shape index (κ2) is 10.4. The molecule has 0 aliphatic heterocycles. The van der Waals surface area contributed by atoms with E-state index in [1.54, 1.807) is 6.08 Å². The SMILES string of the molecule is COC(=O)/C=C/c1ccccc1OCCCCCOC(C)=O. The summed E-state index contributed by atoms with van der Waals surface area (Å²) in [6.07, 6.45) is 5.65. The van der Waals surface area contributed by atoms with Gasteiger partial charge in [-0.05, 0) is 31.4 Å². The topological polar surface area (TPSA) is 61.8 Å². The molecule has 0 saturated carbocycles. The molecule has 0 amide bonds. The molecule has 0 aromatic heterocycles. The summed E-state index contributed by atoms with van der Waals surface area (Å²) in [5.41, 5.74) is 0.827. The Bertz CT molecular complexity index is 508. The van der Waals surface area contributed by atoms with Crippen LogP contribution < -0.4 is 4.74 Å². The van der Waals surface area contributed by atoms with Crippen LogP contribution in [-0.2, 0) is 19.1 Å². The van der Waals surface area contributed by atoms with E-state index in [4.69, 9.17) is 9.47 Å². The van der Waals surface area contributed by atoms with Crippen LogP contribution in [-0.4, -0.2) is 32.3 Å². The van der Waals surface area contributed by atoms with Gasteiger partial charge in [-0.2, -0.15) is 0 Å². The number of hydrogen-bond donors (Lipinski definition) is 0. The molecule has 22 heavy (non-hydrogen) atoms. The van der Waals surface area contributed by atoms with Crippen molar-refractivity contribution in [3.8, 4) is 5.75 Å². The average molecular weight is 306 g/mol. The first kappa shape index (κ1) is 17.8. The lowest BCUT2D eigenvalue weighted by Gasteiger charge is -2.09. The zero-order valence-electron chi connectivity index (χ0n) is 13.0. The summed E-state index contributed by atoms with van der Waals surface area (Å²) in [6.45, 7) is 2.43. The van der Waals surface area contributed by atoms with Crippen molar-refractivity contribution in [2.24, 2.45) is 0 Å². The maximum atomic E-state index is 11.1. The van der Waals surface area contributed by atoms with E-state index in [1.807, 2.05) is 24.3 Å². The first-order chi connectivity index (χ1) is 10.6. The zero-order chi connectivity index (χ0) is 16.2. The molecule has 0 aliphatic rings. The molecule has 0 spiro atoms. The van der Waals surface area contributed by atoms with Gasteiger partial charge in [0.15, 0.2) is 0 Å². The molecule has 0 radical (unpaired) electrons. The van der Waals surface area contributed by atoms with Crippen molar-refractivity contribution in [2.45, 2.75) is 26.2 Å². The fraction of sp³-hybridized carbons (Fsp3) is 0.412. The number of carbonyl (C=O) groups excluding carboxylic acids is 2. The minimum absolute atomic E-state index is 0.248. The number of ether oxygens (including phenoxy) is 3. The van der Waals surface area contributed by atoms with Crippen LogP contribution in [0.15, 0.2) is 30.3 Å². The van der Waals surface area contributed by atoms with Crippen molar-refractivity contribution in [3.05, 3.63) is 35.9 Å². The van der Waals surface area contributed by atoms with Gasteiger partial charge in [0, 0.05) is 18.6 Å². The molecule has 0 N–H and O–H groups in total. The number of methoxy groups -OCH3 is 1. The van der Waals surface area contributed by atoms with Gasteiger partial charge in [-0.25, -0.2) is 4.79 Å². The highest BCUT2D eigenvalue weighted by atomic mass is 16.5. The molecule has 5 nitrogen and oxygen atoms in total. The quantitative estimate of drug-likeness (QED) is 0.399. The Morgan fingerprint density at radius 2 is 1.82 bits per heavy atom.